The van der Waals surface area contributed by atoms with Crippen LogP contribution in [-0.4, -0.2) is 16.8 Å². The molecule has 0 aromatic heterocycles. The first kappa shape index (κ1) is 14.5. The third-order valence-electron chi connectivity index (χ3n) is 2.81. The van der Waals surface area contributed by atoms with Gasteiger partial charge in [-0.2, -0.15) is 0 Å². The number of hydrogen-bond donors (Lipinski definition) is 2. The lowest BCUT2D eigenvalue weighted by atomic mass is 10.1. The number of phenols is 1. The highest BCUT2D eigenvalue weighted by molar-refractivity contribution is 6.09. The Morgan fingerprint density at radius 2 is 1.81 bits per heavy atom. The number of anilines is 1. The molecule has 0 aliphatic rings. The van der Waals surface area contributed by atoms with Crippen molar-refractivity contribution < 1.29 is 14.7 Å². The highest BCUT2D eigenvalue weighted by Gasteiger charge is 2.09. The smallest absolute Gasteiger partial charge is 0.221 e. The number of ketones is 1. The first-order chi connectivity index (χ1) is 10.1. The Hall–Kier alpha value is -2.88. The van der Waals surface area contributed by atoms with Crippen LogP contribution < -0.4 is 5.32 Å². The Labute approximate surface area is 122 Å². The molecule has 0 spiro atoms. The van der Waals surface area contributed by atoms with Crippen LogP contribution in [0.2, 0.25) is 0 Å². The number of carbonyl (C=O) groups is 2. The monoisotopic (exact) mass is 281 g/mol. The number of aromatic hydroxyl groups is 1. The van der Waals surface area contributed by atoms with Gasteiger partial charge in [0.15, 0.2) is 5.78 Å². The second kappa shape index (κ2) is 6.52. The molecule has 0 atom stereocenters. The summed E-state index contributed by atoms with van der Waals surface area (Å²) in [4.78, 5) is 23.0. The second-order valence-electron chi connectivity index (χ2n) is 4.52. The molecule has 2 rings (SSSR count). The maximum atomic E-state index is 12.0. The third kappa shape index (κ3) is 4.04. The van der Waals surface area contributed by atoms with Crippen LogP contribution in [0.3, 0.4) is 0 Å². The molecule has 0 fully saturated rings. The van der Waals surface area contributed by atoms with Gasteiger partial charge >= 0.3 is 0 Å². The van der Waals surface area contributed by atoms with Crippen LogP contribution >= 0.6 is 0 Å². The summed E-state index contributed by atoms with van der Waals surface area (Å²) in [6.45, 7) is 1.37. The van der Waals surface area contributed by atoms with E-state index in [4.69, 9.17) is 0 Å². The fourth-order valence-corrected chi connectivity index (χ4v) is 1.85. The van der Waals surface area contributed by atoms with Crippen LogP contribution in [0.25, 0.3) is 6.08 Å². The summed E-state index contributed by atoms with van der Waals surface area (Å²) in [6, 6.07) is 13.8. The first-order valence-electron chi connectivity index (χ1n) is 6.44. The molecule has 1 amide bonds. The number of phenolic OH excluding ortho intramolecular Hbond substituents is 1. The van der Waals surface area contributed by atoms with Crippen molar-refractivity contribution in [1.29, 1.82) is 0 Å². The minimum atomic E-state index is -0.300. The zero-order chi connectivity index (χ0) is 15.2. The molecule has 0 bridgehead atoms. The summed E-state index contributed by atoms with van der Waals surface area (Å²) in [5.74, 6) is -0.702. The van der Waals surface area contributed by atoms with E-state index < -0.39 is 0 Å². The summed E-state index contributed by atoms with van der Waals surface area (Å²) >= 11 is 0. The molecule has 4 heteroatoms. The molecule has 21 heavy (non-hydrogen) atoms. The number of carbonyl (C=O) groups excluding carboxylic acids is 2. The lowest BCUT2D eigenvalue weighted by Gasteiger charge is -2.05. The standard InChI is InChI=1S/C17H15NO3/c1-12(19)18-14-8-9-15(17(21)11-14)16(20)10-7-13-5-3-2-4-6-13/h2-11,21H,1H3,(H,18,19). The van der Waals surface area contributed by atoms with E-state index in [-0.39, 0.29) is 23.0 Å². The van der Waals surface area contributed by atoms with E-state index in [9.17, 15) is 14.7 Å². The van der Waals surface area contributed by atoms with Crippen LogP contribution in [0.15, 0.2) is 54.6 Å². The van der Waals surface area contributed by atoms with Crippen molar-refractivity contribution in [2.24, 2.45) is 0 Å². The van der Waals surface area contributed by atoms with Crippen LogP contribution in [0.5, 0.6) is 5.75 Å². The molecule has 2 aromatic carbocycles. The van der Waals surface area contributed by atoms with Crippen molar-refractivity contribution in [1.82, 2.24) is 0 Å². The molecule has 0 aliphatic heterocycles. The van der Waals surface area contributed by atoms with Crippen molar-refractivity contribution in [3.8, 4) is 5.75 Å². The van der Waals surface area contributed by atoms with Gasteiger partial charge in [-0.3, -0.25) is 9.59 Å². The summed E-state index contributed by atoms with van der Waals surface area (Å²) < 4.78 is 0. The predicted octanol–water partition coefficient (Wildman–Crippen LogP) is 3.25. The number of rotatable bonds is 4. The zero-order valence-corrected chi connectivity index (χ0v) is 11.5. The SMILES string of the molecule is CC(=O)Nc1ccc(C(=O)C=Cc2ccccc2)c(O)c1. The van der Waals surface area contributed by atoms with Crippen LogP contribution in [-0.2, 0) is 4.79 Å². The Bertz CT molecular complexity index is 690. The molecular weight excluding hydrogens is 266 g/mol. The average molecular weight is 281 g/mol. The van der Waals surface area contributed by atoms with Crippen LogP contribution in [0.4, 0.5) is 5.69 Å². The van der Waals surface area contributed by atoms with Crippen LogP contribution in [0.1, 0.15) is 22.8 Å². The Morgan fingerprint density at radius 1 is 1.10 bits per heavy atom. The molecule has 4 nitrogen and oxygen atoms in total. The van der Waals surface area contributed by atoms with Crippen molar-refractivity contribution in [2.75, 3.05) is 5.32 Å². The fraction of sp³-hybridized carbons (Fsp3) is 0.0588. The van der Waals surface area contributed by atoms with Gasteiger partial charge < -0.3 is 10.4 Å². The van der Waals surface area contributed by atoms with Gasteiger partial charge in [-0.25, -0.2) is 0 Å². The molecule has 0 radical (unpaired) electrons. The van der Waals surface area contributed by atoms with Gasteiger partial charge in [0.2, 0.25) is 5.91 Å². The molecular formula is C17H15NO3. The first-order valence-corrected chi connectivity index (χ1v) is 6.44. The van der Waals surface area contributed by atoms with E-state index in [0.717, 1.165) is 5.56 Å². The Kier molecular flexibility index (Phi) is 4.51. The molecule has 0 saturated carbocycles. The van der Waals surface area contributed by atoms with E-state index >= 15 is 0 Å². The van der Waals surface area contributed by atoms with Gasteiger partial charge in [0.1, 0.15) is 5.75 Å². The number of benzene rings is 2. The van der Waals surface area contributed by atoms with E-state index in [2.05, 4.69) is 5.32 Å². The number of amides is 1. The van der Waals surface area contributed by atoms with Gasteiger partial charge in [-0.15, -0.1) is 0 Å². The quantitative estimate of drug-likeness (QED) is 0.668. The fourth-order valence-electron chi connectivity index (χ4n) is 1.85. The van der Waals surface area contributed by atoms with Crippen LogP contribution in [0, 0.1) is 0 Å². The van der Waals surface area contributed by atoms with Crippen molar-refractivity contribution in [3.05, 3.63) is 65.7 Å². The molecule has 0 aliphatic carbocycles. The summed E-state index contributed by atoms with van der Waals surface area (Å²) in [5, 5.41) is 12.4. The van der Waals surface area contributed by atoms with Gasteiger partial charge in [-0.05, 0) is 23.8 Å². The summed E-state index contributed by atoms with van der Waals surface area (Å²) in [5.41, 5.74) is 1.54. The van der Waals surface area contributed by atoms with Gasteiger partial charge in [0, 0.05) is 18.7 Å². The maximum absolute atomic E-state index is 12.0. The molecule has 0 unspecified atom stereocenters. The Morgan fingerprint density at radius 3 is 2.43 bits per heavy atom. The third-order valence-corrected chi connectivity index (χ3v) is 2.81. The zero-order valence-electron chi connectivity index (χ0n) is 11.5. The molecule has 0 heterocycles. The van der Waals surface area contributed by atoms with E-state index in [1.807, 2.05) is 30.3 Å². The topological polar surface area (TPSA) is 66.4 Å². The van der Waals surface area contributed by atoms with E-state index in [1.54, 1.807) is 12.1 Å². The summed E-state index contributed by atoms with van der Waals surface area (Å²) in [6.07, 6.45) is 3.09. The largest absolute Gasteiger partial charge is 0.507 e. The van der Waals surface area contributed by atoms with E-state index in [1.165, 1.54) is 25.1 Å². The molecule has 106 valence electrons. The van der Waals surface area contributed by atoms with Crippen molar-refractivity contribution in [3.63, 3.8) is 0 Å². The lowest BCUT2D eigenvalue weighted by Crippen LogP contribution is -2.06. The predicted molar refractivity (Wildman–Crippen MR) is 82.2 cm³/mol. The minimum Gasteiger partial charge on any atom is -0.507 e. The summed E-state index contributed by atoms with van der Waals surface area (Å²) in [7, 11) is 0. The number of hydrogen-bond acceptors (Lipinski definition) is 3. The second-order valence-corrected chi connectivity index (χ2v) is 4.52. The van der Waals surface area contributed by atoms with Gasteiger partial charge in [0.05, 0.1) is 5.56 Å². The highest BCUT2D eigenvalue weighted by Crippen LogP contribution is 2.23. The van der Waals surface area contributed by atoms with Gasteiger partial charge in [-0.1, -0.05) is 36.4 Å². The highest BCUT2D eigenvalue weighted by atomic mass is 16.3. The Balaban J connectivity index is 2.16. The molecule has 0 saturated heterocycles. The maximum Gasteiger partial charge on any atom is 0.221 e. The average Bonchev–Trinajstić information content (AvgIpc) is 2.45. The van der Waals surface area contributed by atoms with Gasteiger partial charge in [0.25, 0.3) is 0 Å². The minimum absolute atomic E-state index is 0.163. The van der Waals surface area contributed by atoms with Crippen molar-refractivity contribution >= 4 is 23.5 Å². The molecule has 2 N–H and O–H groups in total. The number of allylic oxidation sites excluding steroid dienone is 1. The van der Waals surface area contributed by atoms with E-state index in [0.29, 0.717) is 5.69 Å². The normalized spacial score (nSPS) is 10.5. The number of nitrogens with one attached hydrogen (secondary N) is 1. The lowest BCUT2D eigenvalue weighted by molar-refractivity contribution is -0.114. The van der Waals surface area contributed by atoms with Crippen molar-refractivity contribution in [2.45, 2.75) is 6.92 Å². The molecule has 2 aromatic rings.